The fourth-order valence-electron chi connectivity index (χ4n) is 3.50. The van der Waals surface area contributed by atoms with E-state index in [4.69, 9.17) is 4.74 Å². The number of fused-ring (bicyclic) bond motifs is 1. The molecular weight excluding hydrogens is 389 g/mol. The van der Waals surface area contributed by atoms with Crippen LogP contribution in [0.25, 0.3) is 11.3 Å². The number of ether oxygens (including phenoxy) is 1. The van der Waals surface area contributed by atoms with Crippen LogP contribution in [0.2, 0.25) is 0 Å². The molecule has 0 radical (unpaired) electrons. The molecule has 5 nitrogen and oxygen atoms in total. The molecule has 1 aliphatic rings. The fourth-order valence-corrected chi connectivity index (χ4v) is 4.24. The van der Waals surface area contributed by atoms with Crippen molar-refractivity contribution in [1.82, 2.24) is 4.98 Å². The molecule has 0 aliphatic carbocycles. The summed E-state index contributed by atoms with van der Waals surface area (Å²) in [6.07, 6.45) is 1.73. The Labute approximate surface area is 173 Å². The number of aromatic nitrogens is 1. The first-order valence-corrected chi connectivity index (χ1v) is 10.4. The van der Waals surface area contributed by atoms with Crippen molar-refractivity contribution in [2.24, 2.45) is 0 Å². The number of hydrogen-bond donors (Lipinski definition) is 1. The van der Waals surface area contributed by atoms with Gasteiger partial charge in [-0.15, -0.1) is 11.3 Å². The molecule has 0 unspecified atom stereocenters. The first kappa shape index (κ1) is 19.5. The molecule has 1 aliphatic heterocycles. The van der Waals surface area contributed by atoms with Gasteiger partial charge < -0.3 is 15.0 Å². The maximum Gasteiger partial charge on any atom is 0.261 e. The number of rotatable bonds is 6. The third-order valence-electron chi connectivity index (χ3n) is 4.93. The van der Waals surface area contributed by atoms with Gasteiger partial charge in [-0.25, -0.2) is 9.37 Å². The maximum absolute atomic E-state index is 14.1. The summed E-state index contributed by atoms with van der Waals surface area (Å²) in [5.41, 5.74) is 3.95. The van der Waals surface area contributed by atoms with E-state index in [1.165, 1.54) is 12.1 Å². The highest BCUT2D eigenvalue weighted by molar-refractivity contribution is 7.14. The number of halogens is 1. The molecule has 1 N–H and O–H groups in total. The zero-order valence-corrected chi connectivity index (χ0v) is 17.0. The van der Waals surface area contributed by atoms with Gasteiger partial charge in [0, 0.05) is 36.8 Å². The van der Waals surface area contributed by atoms with Crippen molar-refractivity contribution in [3.63, 3.8) is 0 Å². The second-order valence-electron chi connectivity index (χ2n) is 6.84. The number of thiazole rings is 1. The molecule has 0 atom stereocenters. The summed E-state index contributed by atoms with van der Waals surface area (Å²) in [6.45, 7) is 1.92. The number of hydrogen-bond acceptors (Lipinski definition) is 5. The molecule has 0 saturated carbocycles. The van der Waals surface area contributed by atoms with Crippen LogP contribution in [0.3, 0.4) is 0 Å². The van der Waals surface area contributed by atoms with E-state index in [1.54, 1.807) is 35.5 Å². The smallest absolute Gasteiger partial charge is 0.261 e. The lowest BCUT2D eigenvalue weighted by atomic mass is 9.97. The van der Waals surface area contributed by atoms with Crippen molar-refractivity contribution in [3.05, 3.63) is 64.8 Å². The Morgan fingerprint density at radius 2 is 2.17 bits per heavy atom. The maximum atomic E-state index is 14.1. The summed E-state index contributed by atoms with van der Waals surface area (Å²) < 4.78 is 19.1. The van der Waals surface area contributed by atoms with Crippen LogP contribution in [-0.4, -0.2) is 37.7 Å². The Balaban J connectivity index is 1.57. The summed E-state index contributed by atoms with van der Waals surface area (Å²) in [7, 11) is 1.67. The average molecular weight is 412 g/mol. The number of nitrogens with zero attached hydrogens (tertiary/aromatic N) is 2. The molecule has 1 aromatic heterocycles. The lowest BCUT2D eigenvalue weighted by Crippen LogP contribution is -2.36. The second-order valence-corrected chi connectivity index (χ2v) is 7.70. The highest BCUT2D eigenvalue weighted by Gasteiger charge is 2.25. The number of anilines is 2. The van der Waals surface area contributed by atoms with Crippen molar-refractivity contribution in [2.75, 3.05) is 37.0 Å². The minimum absolute atomic E-state index is 0.107. The number of carbonyl (C=O) groups is 1. The van der Waals surface area contributed by atoms with Gasteiger partial charge in [-0.2, -0.15) is 0 Å². The van der Waals surface area contributed by atoms with Gasteiger partial charge in [-0.1, -0.05) is 18.2 Å². The van der Waals surface area contributed by atoms with E-state index in [9.17, 15) is 9.18 Å². The van der Waals surface area contributed by atoms with Gasteiger partial charge in [-0.05, 0) is 42.7 Å². The Hall–Kier alpha value is -2.77. The largest absolute Gasteiger partial charge is 0.383 e. The number of aryl methyl sites for hydroxylation is 1. The van der Waals surface area contributed by atoms with Crippen molar-refractivity contribution < 1.29 is 13.9 Å². The number of benzene rings is 2. The van der Waals surface area contributed by atoms with Crippen LogP contribution in [0.1, 0.15) is 22.3 Å². The second kappa shape index (κ2) is 8.71. The van der Waals surface area contributed by atoms with E-state index in [1.807, 2.05) is 17.5 Å². The van der Waals surface area contributed by atoms with Crippen LogP contribution in [0.15, 0.2) is 47.8 Å². The number of methoxy groups -OCH3 is 1. The number of carbonyl (C=O) groups excluding carboxylic acids is 1. The summed E-state index contributed by atoms with van der Waals surface area (Å²) in [5, 5.41) is 6.11. The van der Waals surface area contributed by atoms with E-state index in [0.717, 1.165) is 40.5 Å². The van der Waals surface area contributed by atoms with Crippen LogP contribution >= 0.6 is 11.3 Å². The van der Waals surface area contributed by atoms with Crippen molar-refractivity contribution in [3.8, 4) is 11.3 Å². The van der Waals surface area contributed by atoms with E-state index in [2.05, 4.69) is 16.4 Å². The SMILES string of the molecule is COCCNc1nc(-c2ccc3c(c2)CCCN3C(=O)c2ccccc2F)cs1. The quantitative estimate of drug-likeness (QED) is 0.603. The third kappa shape index (κ3) is 4.16. The highest BCUT2D eigenvalue weighted by atomic mass is 32.1. The molecule has 3 aromatic rings. The Morgan fingerprint density at radius 3 is 3.00 bits per heavy atom. The molecule has 4 rings (SSSR count). The Morgan fingerprint density at radius 1 is 1.31 bits per heavy atom. The standard InChI is InChI=1S/C22H22FN3O2S/c1-28-12-10-24-22-25-19(14-29-22)15-8-9-20-16(13-15)5-4-11-26(20)21(27)17-6-2-3-7-18(17)23/h2-3,6-9,13-14H,4-5,10-12H2,1H3,(H,24,25). The van der Waals surface area contributed by atoms with Crippen LogP contribution < -0.4 is 10.2 Å². The summed E-state index contributed by atoms with van der Waals surface area (Å²) >= 11 is 1.55. The van der Waals surface area contributed by atoms with Crippen molar-refractivity contribution in [2.45, 2.75) is 12.8 Å². The van der Waals surface area contributed by atoms with Crippen LogP contribution in [-0.2, 0) is 11.2 Å². The molecular formula is C22H22FN3O2S. The summed E-state index contributed by atoms with van der Waals surface area (Å²) in [6, 6.07) is 12.1. The monoisotopic (exact) mass is 411 g/mol. The van der Waals surface area contributed by atoms with E-state index < -0.39 is 5.82 Å². The van der Waals surface area contributed by atoms with Gasteiger partial charge >= 0.3 is 0 Å². The molecule has 0 bridgehead atoms. The highest BCUT2D eigenvalue weighted by Crippen LogP contribution is 2.33. The van der Waals surface area contributed by atoms with Gasteiger partial charge in [0.25, 0.3) is 5.91 Å². The average Bonchev–Trinajstić information content (AvgIpc) is 3.22. The van der Waals surface area contributed by atoms with Gasteiger partial charge in [0.1, 0.15) is 5.82 Å². The normalized spacial score (nSPS) is 13.2. The van der Waals surface area contributed by atoms with Gasteiger partial charge in [0.15, 0.2) is 5.13 Å². The van der Waals surface area contributed by atoms with E-state index in [-0.39, 0.29) is 11.5 Å². The van der Waals surface area contributed by atoms with E-state index >= 15 is 0 Å². The molecule has 0 saturated heterocycles. The zero-order chi connectivity index (χ0) is 20.2. The number of nitrogens with one attached hydrogen (secondary N) is 1. The lowest BCUT2D eigenvalue weighted by Gasteiger charge is -2.30. The topological polar surface area (TPSA) is 54.5 Å². The zero-order valence-electron chi connectivity index (χ0n) is 16.2. The predicted octanol–water partition coefficient (Wildman–Crippen LogP) is 4.60. The first-order valence-electron chi connectivity index (χ1n) is 9.55. The lowest BCUT2D eigenvalue weighted by molar-refractivity contribution is 0.0981. The molecule has 2 heterocycles. The molecule has 1 amide bonds. The third-order valence-corrected chi connectivity index (χ3v) is 5.73. The predicted molar refractivity (Wildman–Crippen MR) is 114 cm³/mol. The van der Waals surface area contributed by atoms with Crippen molar-refractivity contribution in [1.29, 1.82) is 0 Å². The summed E-state index contributed by atoms with van der Waals surface area (Å²) in [5.74, 6) is -0.785. The van der Waals surface area contributed by atoms with Gasteiger partial charge in [0.05, 0.1) is 17.9 Å². The van der Waals surface area contributed by atoms with Crippen LogP contribution in [0.4, 0.5) is 15.2 Å². The molecule has 2 aromatic carbocycles. The minimum atomic E-state index is -0.489. The Bertz CT molecular complexity index is 1020. The van der Waals surface area contributed by atoms with Gasteiger partial charge in [0.2, 0.25) is 0 Å². The summed E-state index contributed by atoms with van der Waals surface area (Å²) in [4.78, 5) is 19.2. The fraction of sp³-hybridized carbons (Fsp3) is 0.273. The Kier molecular flexibility index (Phi) is 5.87. The number of amides is 1. The molecule has 150 valence electrons. The van der Waals surface area contributed by atoms with Crippen LogP contribution in [0, 0.1) is 5.82 Å². The molecule has 29 heavy (non-hydrogen) atoms. The van der Waals surface area contributed by atoms with Crippen LogP contribution in [0.5, 0.6) is 0 Å². The van der Waals surface area contributed by atoms with E-state index in [0.29, 0.717) is 19.7 Å². The van der Waals surface area contributed by atoms with Gasteiger partial charge in [-0.3, -0.25) is 4.79 Å². The molecule has 0 fully saturated rings. The molecule has 0 spiro atoms. The first-order chi connectivity index (χ1) is 14.2. The van der Waals surface area contributed by atoms with Crippen molar-refractivity contribution >= 4 is 28.1 Å². The molecule has 7 heteroatoms. The minimum Gasteiger partial charge on any atom is -0.383 e.